The van der Waals surface area contributed by atoms with Crippen LogP contribution < -0.4 is 15.2 Å². The van der Waals surface area contributed by atoms with E-state index in [-0.39, 0.29) is 5.95 Å². The zero-order valence-corrected chi connectivity index (χ0v) is 13.4. The van der Waals surface area contributed by atoms with Crippen LogP contribution in [0.2, 0.25) is 0 Å². The monoisotopic (exact) mass is 387 g/mol. The third-order valence-corrected chi connectivity index (χ3v) is 3.51. The first-order chi connectivity index (χ1) is 8.99. The van der Waals surface area contributed by atoms with Gasteiger partial charge in [0, 0.05) is 11.8 Å². The number of aromatic nitrogens is 2. The van der Waals surface area contributed by atoms with Crippen LogP contribution in [0.25, 0.3) is 0 Å². The number of anilines is 1. The topological polar surface area (TPSA) is 70.3 Å². The van der Waals surface area contributed by atoms with Crippen LogP contribution >= 0.6 is 31.9 Å². The first-order valence-electron chi connectivity index (χ1n) is 5.31. The molecule has 2 aromatic rings. The fourth-order valence-corrected chi connectivity index (χ4v) is 2.36. The number of benzene rings is 1. The molecule has 0 aliphatic carbocycles. The van der Waals surface area contributed by atoms with Gasteiger partial charge in [-0.1, -0.05) is 0 Å². The SMILES string of the molecule is COc1cc(Br)c(Oc2cc(C)nc(N)n2)cc1Br. The van der Waals surface area contributed by atoms with E-state index in [2.05, 4.69) is 41.8 Å². The van der Waals surface area contributed by atoms with Gasteiger partial charge >= 0.3 is 0 Å². The second kappa shape index (κ2) is 5.75. The molecule has 0 amide bonds. The summed E-state index contributed by atoms with van der Waals surface area (Å²) in [6, 6.07) is 5.30. The molecule has 2 rings (SSSR count). The van der Waals surface area contributed by atoms with Crippen molar-refractivity contribution in [3.05, 3.63) is 32.8 Å². The number of hydrogen-bond acceptors (Lipinski definition) is 5. The van der Waals surface area contributed by atoms with Crippen LogP contribution in [0.5, 0.6) is 17.4 Å². The van der Waals surface area contributed by atoms with Crippen LogP contribution in [0.15, 0.2) is 27.1 Å². The third kappa shape index (κ3) is 3.36. The van der Waals surface area contributed by atoms with Crippen molar-refractivity contribution >= 4 is 37.8 Å². The van der Waals surface area contributed by atoms with Gasteiger partial charge in [-0.05, 0) is 50.9 Å². The van der Waals surface area contributed by atoms with E-state index in [1.807, 2.05) is 6.92 Å². The van der Waals surface area contributed by atoms with Crippen LogP contribution in [0.4, 0.5) is 5.95 Å². The van der Waals surface area contributed by atoms with E-state index in [4.69, 9.17) is 15.2 Å². The van der Waals surface area contributed by atoms with E-state index >= 15 is 0 Å². The highest BCUT2D eigenvalue weighted by Crippen LogP contribution is 2.37. The Balaban J connectivity index is 2.35. The number of nitrogens with two attached hydrogens (primary N) is 1. The minimum atomic E-state index is 0.179. The molecule has 0 atom stereocenters. The summed E-state index contributed by atoms with van der Waals surface area (Å²) >= 11 is 6.82. The first-order valence-corrected chi connectivity index (χ1v) is 6.90. The van der Waals surface area contributed by atoms with Crippen molar-refractivity contribution in [2.24, 2.45) is 0 Å². The Morgan fingerprint density at radius 1 is 1.05 bits per heavy atom. The molecule has 1 aromatic heterocycles. The lowest BCUT2D eigenvalue weighted by Crippen LogP contribution is -1.99. The molecule has 1 heterocycles. The van der Waals surface area contributed by atoms with Gasteiger partial charge in [0.1, 0.15) is 11.5 Å². The van der Waals surface area contributed by atoms with E-state index in [0.717, 1.165) is 14.6 Å². The van der Waals surface area contributed by atoms with E-state index in [0.29, 0.717) is 17.4 Å². The molecule has 0 unspecified atom stereocenters. The zero-order valence-electron chi connectivity index (χ0n) is 10.3. The number of nitrogen functional groups attached to an aromatic ring is 1. The molecule has 1 aromatic carbocycles. The molecule has 0 spiro atoms. The average Bonchev–Trinajstić information content (AvgIpc) is 2.32. The van der Waals surface area contributed by atoms with Gasteiger partial charge in [0.15, 0.2) is 0 Å². The maximum absolute atomic E-state index is 5.69. The van der Waals surface area contributed by atoms with Crippen molar-refractivity contribution in [3.63, 3.8) is 0 Å². The Hall–Kier alpha value is -1.34. The smallest absolute Gasteiger partial charge is 0.224 e. The minimum Gasteiger partial charge on any atom is -0.496 e. The van der Waals surface area contributed by atoms with E-state index in [1.165, 1.54) is 0 Å². The van der Waals surface area contributed by atoms with Crippen LogP contribution in [-0.4, -0.2) is 17.1 Å². The van der Waals surface area contributed by atoms with E-state index < -0.39 is 0 Å². The summed E-state index contributed by atoms with van der Waals surface area (Å²) in [7, 11) is 1.60. The Labute approximate surface area is 127 Å². The zero-order chi connectivity index (χ0) is 14.0. The molecule has 0 saturated carbocycles. The number of nitrogens with zero attached hydrogens (tertiary/aromatic N) is 2. The quantitative estimate of drug-likeness (QED) is 0.868. The normalized spacial score (nSPS) is 10.3. The number of methoxy groups -OCH3 is 1. The number of halogens is 2. The molecule has 5 nitrogen and oxygen atoms in total. The lowest BCUT2D eigenvalue weighted by Gasteiger charge is -2.10. The Morgan fingerprint density at radius 2 is 1.68 bits per heavy atom. The number of rotatable bonds is 3. The molecule has 7 heteroatoms. The van der Waals surface area contributed by atoms with Crippen molar-refractivity contribution in [3.8, 4) is 17.4 Å². The molecular weight excluding hydrogens is 378 g/mol. The average molecular weight is 389 g/mol. The standard InChI is InChI=1S/C12H11Br2N3O2/c1-6-3-11(17-12(15)16-6)19-10-5-7(13)9(18-2)4-8(10)14/h3-5H,1-2H3,(H2,15,16,17). The van der Waals surface area contributed by atoms with Crippen molar-refractivity contribution in [2.75, 3.05) is 12.8 Å². The molecule has 0 aliphatic rings. The molecule has 19 heavy (non-hydrogen) atoms. The van der Waals surface area contributed by atoms with Gasteiger partial charge in [-0.25, -0.2) is 4.98 Å². The summed E-state index contributed by atoms with van der Waals surface area (Å²) in [4.78, 5) is 8.01. The highest BCUT2D eigenvalue weighted by Gasteiger charge is 2.10. The Morgan fingerprint density at radius 3 is 2.32 bits per heavy atom. The van der Waals surface area contributed by atoms with E-state index in [9.17, 15) is 0 Å². The fraction of sp³-hybridized carbons (Fsp3) is 0.167. The van der Waals surface area contributed by atoms with Gasteiger partial charge in [0.05, 0.1) is 16.1 Å². The second-order valence-electron chi connectivity index (χ2n) is 3.73. The summed E-state index contributed by atoms with van der Waals surface area (Å²) in [6.45, 7) is 1.82. The third-order valence-electron chi connectivity index (χ3n) is 2.27. The van der Waals surface area contributed by atoms with Gasteiger partial charge in [-0.2, -0.15) is 4.98 Å². The maximum atomic E-state index is 5.69. The van der Waals surface area contributed by atoms with Gasteiger partial charge in [-0.3, -0.25) is 0 Å². The maximum Gasteiger partial charge on any atom is 0.224 e. The first kappa shape index (κ1) is 14.1. The van der Waals surface area contributed by atoms with Crippen molar-refractivity contribution in [1.82, 2.24) is 9.97 Å². The Kier molecular flexibility index (Phi) is 4.26. The van der Waals surface area contributed by atoms with Crippen LogP contribution in [0, 0.1) is 6.92 Å². The largest absolute Gasteiger partial charge is 0.496 e. The molecule has 0 saturated heterocycles. The van der Waals surface area contributed by atoms with Crippen molar-refractivity contribution in [1.29, 1.82) is 0 Å². The number of ether oxygens (including phenoxy) is 2. The summed E-state index contributed by atoms with van der Waals surface area (Å²) < 4.78 is 12.4. The Bertz CT molecular complexity index is 600. The van der Waals surface area contributed by atoms with Crippen molar-refractivity contribution < 1.29 is 9.47 Å². The number of hydrogen-bond donors (Lipinski definition) is 1. The molecule has 0 radical (unpaired) electrons. The van der Waals surface area contributed by atoms with Gasteiger partial charge in [0.2, 0.25) is 11.8 Å². The summed E-state index contributed by atoms with van der Waals surface area (Å²) in [5.74, 6) is 1.88. The molecule has 0 bridgehead atoms. The highest BCUT2D eigenvalue weighted by atomic mass is 79.9. The lowest BCUT2D eigenvalue weighted by atomic mass is 10.3. The minimum absolute atomic E-state index is 0.179. The molecule has 0 fully saturated rings. The molecular formula is C12H11Br2N3O2. The van der Waals surface area contributed by atoms with E-state index in [1.54, 1.807) is 25.3 Å². The van der Waals surface area contributed by atoms with Crippen LogP contribution in [0.1, 0.15) is 5.69 Å². The molecule has 2 N–H and O–H groups in total. The van der Waals surface area contributed by atoms with Gasteiger partial charge in [0.25, 0.3) is 0 Å². The second-order valence-corrected chi connectivity index (χ2v) is 5.43. The van der Waals surface area contributed by atoms with Crippen LogP contribution in [0.3, 0.4) is 0 Å². The highest BCUT2D eigenvalue weighted by molar-refractivity contribution is 9.11. The molecule has 0 aliphatic heterocycles. The predicted molar refractivity (Wildman–Crippen MR) is 79.6 cm³/mol. The fourth-order valence-electron chi connectivity index (χ4n) is 1.47. The van der Waals surface area contributed by atoms with Crippen molar-refractivity contribution in [2.45, 2.75) is 6.92 Å². The van der Waals surface area contributed by atoms with Crippen LogP contribution in [-0.2, 0) is 0 Å². The van der Waals surface area contributed by atoms with Gasteiger partial charge in [-0.15, -0.1) is 0 Å². The summed E-state index contributed by atoms with van der Waals surface area (Å²) in [5.41, 5.74) is 6.33. The summed E-state index contributed by atoms with van der Waals surface area (Å²) in [5, 5.41) is 0. The summed E-state index contributed by atoms with van der Waals surface area (Å²) in [6.07, 6.45) is 0. The number of aryl methyl sites for hydroxylation is 1. The van der Waals surface area contributed by atoms with Gasteiger partial charge < -0.3 is 15.2 Å². The predicted octanol–water partition coefficient (Wildman–Crippen LogP) is 3.69. The lowest BCUT2D eigenvalue weighted by molar-refractivity contribution is 0.408. The molecule has 100 valence electrons.